The molecule has 2 N–H and O–H groups in total. The van der Waals surface area contributed by atoms with E-state index in [1.165, 1.54) is 17.0 Å². The minimum absolute atomic E-state index is 0.0380. The number of hydrogen-bond donors (Lipinski definition) is 2. The smallest absolute Gasteiger partial charge is 0.412 e. The van der Waals surface area contributed by atoms with Gasteiger partial charge in [-0.15, -0.1) is 0 Å². The third-order valence-electron chi connectivity index (χ3n) is 4.32. The predicted molar refractivity (Wildman–Crippen MR) is 99.7 cm³/mol. The maximum Gasteiger partial charge on any atom is 0.412 e. The lowest BCUT2D eigenvalue weighted by Gasteiger charge is -2.34. The van der Waals surface area contributed by atoms with Gasteiger partial charge in [-0.05, 0) is 32.9 Å². The highest BCUT2D eigenvalue weighted by Crippen LogP contribution is 2.25. The summed E-state index contributed by atoms with van der Waals surface area (Å²) in [6, 6.07) is 2.67. The molecule has 0 bridgehead atoms. The van der Waals surface area contributed by atoms with Crippen LogP contribution in [0, 0.1) is 5.82 Å². The molecule has 0 radical (unpaired) electrons. The molecule has 1 aromatic carbocycles. The highest BCUT2D eigenvalue weighted by atomic mass is 32.2. The van der Waals surface area contributed by atoms with E-state index in [9.17, 15) is 27.2 Å². The number of benzene rings is 1. The summed E-state index contributed by atoms with van der Waals surface area (Å²) in [5.41, 5.74) is -1.28. The summed E-state index contributed by atoms with van der Waals surface area (Å²) in [6.45, 7) is 4.59. The molecule has 2 heterocycles. The lowest BCUT2D eigenvalue weighted by Crippen LogP contribution is -2.54. The van der Waals surface area contributed by atoms with Crippen LogP contribution < -0.4 is 10.0 Å². The Balaban J connectivity index is 1.83. The van der Waals surface area contributed by atoms with Crippen molar-refractivity contribution >= 4 is 33.8 Å². The number of carbonyl (C=O) groups is 3. The van der Waals surface area contributed by atoms with Crippen LogP contribution in [0.1, 0.15) is 31.1 Å². The monoisotopic (exact) mass is 428 g/mol. The zero-order chi connectivity index (χ0) is 21.6. The van der Waals surface area contributed by atoms with Gasteiger partial charge in [0.2, 0.25) is 0 Å². The minimum Gasteiger partial charge on any atom is -0.444 e. The van der Waals surface area contributed by atoms with Gasteiger partial charge in [-0.25, -0.2) is 13.9 Å². The number of amides is 3. The van der Waals surface area contributed by atoms with Crippen LogP contribution in [0.4, 0.5) is 14.9 Å². The lowest BCUT2D eigenvalue weighted by atomic mass is 10.1. The number of anilines is 1. The molecule has 0 spiro atoms. The maximum atomic E-state index is 14.5. The summed E-state index contributed by atoms with van der Waals surface area (Å²) in [4.78, 5) is 38.1. The van der Waals surface area contributed by atoms with Gasteiger partial charge < -0.3 is 9.64 Å². The van der Waals surface area contributed by atoms with Crippen molar-refractivity contribution in [2.45, 2.75) is 32.4 Å². The zero-order valence-corrected chi connectivity index (χ0v) is 16.9. The van der Waals surface area contributed by atoms with Crippen LogP contribution in [0.3, 0.4) is 0 Å². The van der Waals surface area contributed by atoms with Crippen LogP contribution in [0.25, 0.3) is 0 Å². The molecule has 1 atom stereocenters. The van der Waals surface area contributed by atoms with Gasteiger partial charge in [0.15, 0.2) is 0 Å². The van der Waals surface area contributed by atoms with E-state index in [1.54, 1.807) is 20.8 Å². The number of ether oxygens (including phenoxy) is 1. The molecule has 29 heavy (non-hydrogen) atoms. The topological polar surface area (TPSA) is 125 Å². The largest absolute Gasteiger partial charge is 0.444 e. The Labute approximate surface area is 167 Å². The predicted octanol–water partition coefficient (Wildman–Crippen LogP) is 0.674. The number of nitrogens with one attached hydrogen (secondary N) is 2. The number of halogens is 1. The summed E-state index contributed by atoms with van der Waals surface area (Å²) < 4.78 is 46.2. The molecule has 2 aliphatic rings. The molecule has 3 rings (SSSR count). The van der Waals surface area contributed by atoms with Crippen molar-refractivity contribution in [2.75, 3.05) is 25.0 Å². The second-order valence-electron chi connectivity index (χ2n) is 7.64. The number of piperazine rings is 1. The molecule has 10 nitrogen and oxygen atoms in total. The van der Waals surface area contributed by atoms with Gasteiger partial charge >= 0.3 is 16.3 Å². The van der Waals surface area contributed by atoms with Crippen molar-refractivity contribution in [1.29, 1.82) is 0 Å². The summed E-state index contributed by atoms with van der Waals surface area (Å²) in [5.74, 6) is -2.39. The first-order valence-electron chi connectivity index (χ1n) is 8.80. The van der Waals surface area contributed by atoms with Crippen LogP contribution in [0.5, 0.6) is 0 Å². The van der Waals surface area contributed by atoms with Crippen molar-refractivity contribution in [1.82, 2.24) is 13.9 Å². The number of nitrogens with zero attached hydrogens (tertiary/aromatic N) is 2. The van der Waals surface area contributed by atoms with Crippen LogP contribution in [0.15, 0.2) is 18.2 Å². The molecule has 158 valence electrons. The molecule has 2 fully saturated rings. The van der Waals surface area contributed by atoms with E-state index in [-0.39, 0.29) is 25.3 Å². The van der Waals surface area contributed by atoms with E-state index >= 15 is 0 Å². The van der Waals surface area contributed by atoms with E-state index in [1.807, 2.05) is 4.72 Å². The second-order valence-corrected chi connectivity index (χ2v) is 9.26. The Morgan fingerprint density at radius 1 is 1.28 bits per heavy atom. The molecule has 0 aromatic heterocycles. The molecule has 2 aliphatic heterocycles. The lowest BCUT2D eigenvalue weighted by molar-refractivity contribution is -0.122. The third-order valence-corrected chi connectivity index (χ3v) is 5.84. The highest BCUT2D eigenvalue weighted by Gasteiger charge is 2.48. The van der Waals surface area contributed by atoms with Gasteiger partial charge in [-0.3, -0.25) is 14.9 Å². The zero-order valence-electron chi connectivity index (χ0n) is 16.1. The number of hydrogen-bond acceptors (Lipinski definition) is 6. The molecule has 1 unspecified atom stereocenters. The second kappa shape index (κ2) is 7.26. The van der Waals surface area contributed by atoms with Crippen molar-refractivity contribution in [3.05, 3.63) is 29.6 Å². The molecule has 1 aromatic rings. The molecular weight excluding hydrogens is 407 g/mol. The molecule has 12 heteroatoms. The Bertz CT molecular complexity index is 975. The van der Waals surface area contributed by atoms with Crippen molar-refractivity contribution in [3.8, 4) is 0 Å². The standard InChI is InChI=1S/C17H21FN4O6S/c1-17(2,3)28-16(25)19-11-6-4-5-10(18)13(11)15(24)21-7-8-22-12(9-21)14(23)20-29(22,26)27/h4-6,12H,7-9H2,1-3H3,(H,19,25)(H,20,23). The average molecular weight is 428 g/mol. The van der Waals surface area contributed by atoms with Crippen molar-refractivity contribution < 1.29 is 31.9 Å². The average Bonchev–Trinajstić information content (AvgIpc) is 2.81. The van der Waals surface area contributed by atoms with E-state index in [0.29, 0.717) is 0 Å². The quantitative estimate of drug-likeness (QED) is 0.713. The van der Waals surface area contributed by atoms with Crippen molar-refractivity contribution in [3.63, 3.8) is 0 Å². The van der Waals surface area contributed by atoms with Gasteiger partial charge in [-0.2, -0.15) is 12.7 Å². The fraction of sp³-hybridized carbons (Fsp3) is 0.471. The Morgan fingerprint density at radius 2 is 1.97 bits per heavy atom. The van der Waals surface area contributed by atoms with E-state index in [0.717, 1.165) is 10.4 Å². The molecule has 0 saturated carbocycles. The maximum absolute atomic E-state index is 14.5. The third kappa shape index (κ3) is 4.32. The normalized spacial score (nSPS) is 21.3. The van der Waals surface area contributed by atoms with Gasteiger partial charge in [0.05, 0.1) is 11.3 Å². The van der Waals surface area contributed by atoms with Gasteiger partial charge in [-0.1, -0.05) is 6.07 Å². The van der Waals surface area contributed by atoms with Gasteiger partial charge in [0, 0.05) is 19.6 Å². The number of rotatable bonds is 2. The molecule has 3 amide bonds. The molecule has 0 aliphatic carbocycles. The summed E-state index contributed by atoms with van der Waals surface area (Å²) in [5, 5.41) is 2.36. The summed E-state index contributed by atoms with van der Waals surface area (Å²) in [7, 11) is -3.91. The van der Waals surface area contributed by atoms with Crippen LogP contribution in [0.2, 0.25) is 0 Å². The molecular formula is C17H21FN4O6S. The van der Waals surface area contributed by atoms with Gasteiger partial charge in [0.25, 0.3) is 11.8 Å². The first kappa shape index (κ1) is 21.0. The van der Waals surface area contributed by atoms with E-state index in [4.69, 9.17) is 4.74 Å². The Hall–Kier alpha value is -2.73. The fourth-order valence-electron chi connectivity index (χ4n) is 3.12. The van der Waals surface area contributed by atoms with Crippen LogP contribution in [-0.4, -0.2) is 66.8 Å². The molecule has 2 saturated heterocycles. The number of carbonyl (C=O) groups excluding carboxylic acids is 3. The van der Waals surface area contributed by atoms with E-state index < -0.39 is 51.1 Å². The summed E-state index contributed by atoms with van der Waals surface area (Å²) >= 11 is 0. The number of fused-ring (bicyclic) bond motifs is 1. The Morgan fingerprint density at radius 3 is 2.62 bits per heavy atom. The van der Waals surface area contributed by atoms with Crippen LogP contribution in [-0.2, 0) is 19.7 Å². The SMILES string of the molecule is CC(C)(C)OC(=O)Nc1cccc(F)c1C(=O)N1CCN2C(C1)C(=O)NS2(=O)=O. The first-order chi connectivity index (χ1) is 13.4. The Kier molecular flexibility index (Phi) is 5.26. The van der Waals surface area contributed by atoms with E-state index in [2.05, 4.69) is 5.32 Å². The van der Waals surface area contributed by atoms with Gasteiger partial charge in [0.1, 0.15) is 17.5 Å². The highest BCUT2D eigenvalue weighted by molar-refractivity contribution is 7.88. The summed E-state index contributed by atoms with van der Waals surface area (Å²) in [6.07, 6.45) is -0.858. The first-order valence-corrected chi connectivity index (χ1v) is 10.2. The minimum atomic E-state index is -3.91. The fourth-order valence-corrected chi connectivity index (χ4v) is 4.45. The van der Waals surface area contributed by atoms with Crippen LogP contribution >= 0.6 is 0 Å². The van der Waals surface area contributed by atoms with Crippen molar-refractivity contribution in [2.24, 2.45) is 0 Å².